The number of Topliss-reactive ketones (excluding diaryl/α,β-unsaturated/α-hetero) is 1. The zero-order valence-electron chi connectivity index (χ0n) is 23.8. The minimum atomic E-state index is -0.873. The quantitative estimate of drug-likeness (QED) is 0.0919. The smallest absolute Gasteiger partial charge is 0.301 e. The fourth-order valence-electron chi connectivity index (χ4n) is 5.15. The molecular formula is C33H34N2O5S. The highest BCUT2D eigenvalue weighted by molar-refractivity contribution is 7.22. The first-order valence-electron chi connectivity index (χ1n) is 14.0. The van der Waals surface area contributed by atoms with E-state index in [1.54, 1.807) is 24.3 Å². The molecule has 7 nitrogen and oxygen atoms in total. The molecule has 0 bridgehead atoms. The summed E-state index contributed by atoms with van der Waals surface area (Å²) >= 11 is 1.36. The van der Waals surface area contributed by atoms with Gasteiger partial charge in [-0.15, -0.1) is 0 Å². The van der Waals surface area contributed by atoms with Gasteiger partial charge in [-0.2, -0.15) is 0 Å². The van der Waals surface area contributed by atoms with Gasteiger partial charge in [0.25, 0.3) is 5.78 Å². The molecule has 1 unspecified atom stereocenters. The second-order valence-corrected chi connectivity index (χ2v) is 11.2. The van der Waals surface area contributed by atoms with Crippen LogP contribution in [0.4, 0.5) is 5.13 Å². The number of nitrogens with zero attached hydrogens (tertiary/aromatic N) is 2. The first kappa shape index (κ1) is 28.4. The summed E-state index contributed by atoms with van der Waals surface area (Å²) in [5.74, 6) is -0.487. The van der Waals surface area contributed by atoms with E-state index >= 15 is 0 Å². The number of ether oxygens (including phenoxy) is 2. The van der Waals surface area contributed by atoms with Crippen LogP contribution in [0.25, 0.3) is 16.0 Å². The van der Waals surface area contributed by atoms with Crippen LogP contribution in [-0.4, -0.2) is 35.0 Å². The molecule has 8 heteroatoms. The van der Waals surface area contributed by atoms with E-state index in [1.165, 1.54) is 16.2 Å². The van der Waals surface area contributed by atoms with Crippen molar-refractivity contribution in [2.75, 3.05) is 18.1 Å². The van der Waals surface area contributed by atoms with Crippen LogP contribution in [0.1, 0.15) is 61.4 Å². The molecule has 0 radical (unpaired) electrons. The zero-order valence-corrected chi connectivity index (χ0v) is 24.6. The molecule has 0 spiro atoms. The number of aliphatic hydroxyl groups excluding tert-OH is 1. The van der Waals surface area contributed by atoms with Gasteiger partial charge in [-0.05, 0) is 74.2 Å². The fraction of sp³-hybridized carbons (Fsp3) is 0.303. The number of aryl methyl sites for hydroxylation is 2. The predicted octanol–water partition coefficient (Wildman–Crippen LogP) is 7.51. The third-order valence-corrected chi connectivity index (χ3v) is 8.10. The molecule has 3 aromatic carbocycles. The van der Waals surface area contributed by atoms with Crippen molar-refractivity contribution >= 4 is 44.1 Å². The van der Waals surface area contributed by atoms with Gasteiger partial charge in [0.15, 0.2) is 5.13 Å². The van der Waals surface area contributed by atoms with Gasteiger partial charge in [0.2, 0.25) is 0 Å². The van der Waals surface area contributed by atoms with Crippen molar-refractivity contribution in [2.45, 2.75) is 53.0 Å². The summed E-state index contributed by atoms with van der Waals surface area (Å²) in [7, 11) is 0. The van der Waals surface area contributed by atoms with Crippen LogP contribution < -0.4 is 14.4 Å². The molecule has 1 N–H and O–H groups in total. The Morgan fingerprint density at radius 2 is 1.76 bits per heavy atom. The monoisotopic (exact) mass is 570 g/mol. The highest BCUT2D eigenvalue weighted by Crippen LogP contribution is 2.45. The molecule has 4 aromatic rings. The predicted molar refractivity (Wildman–Crippen MR) is 163 cm³/mol. The zero-order chi connectivity index (χ0) is 29.1. The topological polar surface area (TPSA) is 89.0 Å². The number of hydrogen-bond acceptors (Lipinski definition) is 7. The van der Waals surface area contributed by atoms with Gasteiger partial charge < -0.3 is 14.6 Å². The standard InChI is InChI=1S/C33H34N2O5S/c1-5-7-8-16-40-24-14-12-22(13-15-24)29-27(30(36)23-10-9-11-25(19-23)39-6-2)31(37)32(38)35(29)33-34-28-21(4)17-20(3)18-26(28)41-33/h9-15,17-19,29,36H,5-8,16H2,1-4H3. The number of amides is 1. The Kier molecular flexibility index (Phi) is 8.40. The number of ketones is 1. The SMILES string of the molecule is CCCCCOc1ccc(C2C(=C(O)c3cccc(OCC)c3)C(=O)C(=O)N2c2nc3c(C)cc(C)cc3s2)cc1. The van der Waals surface area contributed by atoms with Crippen LogP contribution in [-0.2, 0) is 9.59 Å². The summed E-state index contributed by atoms with van der Waals surface area (Å²) in [4.78, 5) is 33.5. The number of aromatic nitrogens is 1. The Hall–Kier alpha value is -4.17. The van der Waals surface area contributed by atoms with E-state index in [-0.39, 0.29) is 11.3 Å². The summed E-state index contributed by atoms with van der Waals surface area (Å²) in [6, 6.07) is 17.4. The van der Waals surface area contributed by atoms with Crippen LogP contribution >= 0.6 is 11.3 Å². The molecule has 5 rings (SSSR count). The van der Waals surface area contributed by atoms with Crippen molar-refractivity contribution < 1.29 is 24.2 Å². The molecule has 1 aromatic heterocycles. The lowest BCUT2D eigenvalue weighted by Crippen LogP contribution is -2.29. The lowest BCUT2D eigenvalue weighted by Gasteiger charge is -2.23. The number of carbonyl (C=O) groups is 2. The van der Waals surface area contributed by atoms with E-state index in [9.17, 15) is 14.7 Å². The van der Waals surface area contributed by atoms with Crippen LogP contribution in [0.3, 0.4) is 0 Å². The van der Waals surface area contributed by atoms with Gasteiger partial charge in [-0.25, -0.2) is 4.98 Å². The van der Waals surface area contributed by atoms with Crippen molar-refractivity contribution in [3.05, 3.63) is 88.5 Å². The van der Waals surface area contributed by atoms with Gasteiger partial charge in [0, 0.05) is 5.56 Å². The van der Waals surface area contributed by atoms with Gasteiger partial charge in [0.1, 0.15) is 17.3 Å². The third kappa shape index (κ3) is 5.70. The molecule has 1 fully saturated rings. The number of carbonyl (C=O) groups excluding carboxylic acids is 2. The molecule has 212 valence electrons. The second kappa shape index (κ2) is 12.1. The van der Waals surface area contributed by atoms with Crippen LogP contribution in [0.15, 0.2) is 66.2 Å². The van der Waals surface area contributed by atoms with E-state index in [2.05, 4.69) is 6.92 Å². The van der Waals surface area contributed by atoms with Crippen LogP contribution in [0.5, 0.6) is 11.5 Å². The summed E-state index contributed by atoms with van der Waals surface area (Å²) in [6.45, 7) is 9.09. The molecule has 1 atom stereocenters. The van der Waals surface area contributed by atoms with E-state index in [0.717, 1.165) is 40.6 Å². The minimum Gasteiger partial charge on any atom is -0.507 e. The molecule has 41 heavy (non-hydrogen) atoms. The van der Waals surface area contributed by atoms with Gasteiger partial charge in [-0.3, -0.25) is 14.5 Å². The van der Waals surface area contributed by atoms with Crippen LogP contribution in [0, 0.1) is 13.8 Å². The minimum absolute atomic E-state index is 0.00687. The Morgan fingerprint density at radius 1 is 0.976 bits per heavy atom. The maximum Gasteiger partial charge on any atom is 0.301 e. The van der Waals surface area contributed by atoms with Crippen molar-refractivity contribution in [1.29, 1.82) is 0 Å². The largest absolute Gasteiger partial charge is 0.507 e. The van der Waals surface area contributed by atoms with Crippen molar-refractivity contribution in [3.63, 3.8) is 0 Å². The average Bonchev–Trinajstić information content (AvgIpc) is 3.50. The number of rotatable bonds is 10. The van der Waals surface area contributed by atoms with Gasteiger partial charge in [-0.1, -0.05) is 61.4 Å². The fourth-order valence-corrected chi connectivity index (χ4v) is 6.32. The molecule has 1 aliphatic rings. The second-order valence-electron chi connectivity index (χ2n) is 10.2. The Bertz CT molecular complexity index is 1620. The Labute approximate surface area is 244 Å². The number of unbranched alkanes of at least 4 members (excludes halogenated alkanes) is 2. The lowest BCUT2D eigenvalue weighted by molar-refractivity contribution is -0.132. The van der Waals surface area contributed by atoms with E-state index in [4.69, 9.17) is 14.5 Å². The van der Waals surface area contributed by atoms with E-state index in [1.807, 2.05) is 57.2 Å². The summed E-state index contributed by atoms with van der Waals surface area (Å²) in [5, 5.41) is 11.9. The molecule has 0 aliphatic carbocycles. The number of fused-ring (bicyclic) bond motifs is 1. The number of benzene rings is 3. The summed E-state index contributed by atoms with van der Waals surface area (Å²) in [6.07, 6.45) is 3.17. The first-order valence-corrected chi connectivity index (χ1v) is 14.8. The van der Waals surface area contributed by atoms with Crippen molar-refractivity contribution in [2.24, 2.45) is 0 Å². The normalized spacial score (nSPS) is 16.5. The highest BCUT2D eigenvalue weighted by atomic mass is 32.1. The Morgan fingerprint density at radius 3 is 2.49 bits per heavy atom. The molecule has 1 saturated heterocycles. The lowest BCUT2D eigenvalue weighted by atomic mass is 9.95. The summed E-state index contributed by atoms with van der Waals surface area (Å²) in [5.41, 5.74) is 3.94. The number of thiazole rings is 1. The molecule has 0 saturated carbocycles. The number of hydrogen-bond donors (Lipinski definition) is 1. The number of anilines is 1. The van der Waals surface area contributed by atoms with Crippen molar-refractivity contribution in [1.82, 2.24) is 4.98 Å². The first-order chi connectivity index (χ1) is 19.8. The van der Waals surface area contributed by atoms with Gasteiger partial charge in [0.05, 0.1) is 35.0 Å². The van der Waals surface area contributed by atoms with Crippen molar-refractivity contribution in [3.8, 4) is 11.5 Å². The average molecular weight is 571 g/mol. The highest BCUT2D eigenvalue weighted by Gasteiger charge is 2.48. The molecule has 1 amide bonds. The number of aliphatic hydroxyl groups is 1. The van der Waals surface area contributed by atoms with E-state index in [0.29, 0.717) is 41.0 Å². The van der Waals surface area contributed by atoms with E-state index < -0.39 is 17.7 Å². The molecular weight excluding hydrogens is 536 g/mol. The van der Waals surface area contributed by atoms with Gasteiger partial charge >= 0.3 is 5.91 Å². The Balaban J connectivity index is 1.62. The maximum absolute atomic E-state index is 13.7. The maximum atomic E-state index is 13.7. The summed E-state index contributed by atoms with van der Waals surface area (Å²) < 4.78 is 12.4. The molecule has 2 heterocycles. The van der Waals surface area contributed by atoms with Crippen LogP contribution in [0.2, 0.25) is 0 Å². The molecule has 1 aliphatic heterocycles. The third-order valence-electron chi connectivity index (χ3n) is 7.10.